The molecule has 0 saturated heterocycles. The summed E-state index contributed by atoms with van der Waals surface area (Å²) in [7, 11) is 0. The predicted octanol–water partition coefficient (Wildman–Crippen LogP) is 3.30. The van der Waals surface area contributed by atoms with Crippen molar-refractivity contribution in [3.8, 4) is 5.75 Å². The van der Waals surface area contributed by atoms with Gasteiger partial charge in [-0.15, -0.1) is 0 Å². The molecule has 3 rings (SSSR count). The molecule has 1 fully saturated rings. The summed E-state index contributed by atoms with van der Waals surface area (Å²) in [5.41, 5.74) is 1.60. The van der Waals surface area contributed by atoms with Gasteiger partial charge in [0, 0.05) is 11.3 Å². The van der Waals surface area contributed by atoms with Gasteiger partial charge in [-0.05, 0) is 37.5 Å². The Morgan fingerprint density at radius 3 is 2.58 bits per heavy atom. The number of nitrogens with one attached hydrogen (secondary N) is 2. The van der Waals surface area contributed by atoms with Gasteiger partial charge in [0.25, 0.3) is 0 Å². The van der Waals surface area contributed by atoms with E-state index in [4.69, 9.17) is 4.74 Å². The maximum absolute atomic E-state index is 12.2. The summed E-state index contributed by atoms with van der Waals surface area (Å²) < 4.78 is 5.75. The van der Waals surface area contributed by atoms with Crippen molar-refractivity contribution in [1.29, 1.82) is 0 Å². The molecule has 1 aliphatic rings. The molecule has 24 heavy (non-hydrogen) atoms. The molecule has 2 amide bonds. The van der Waals surface area contributed by atoms with Gasteiger partial charge < -0.3 is 20.5 Å². The largest absolute Gasteiger partial charge is 0.489 e. The molecule has 0 spiro atoms. The van der Waals surface area contributed by atoms with Gasteiger partial charge >= 0.3 is 6.03 Å². The number of amides is 2. The van der Waals surface area contributed by atoms with Gasteiger partial charge in [-0.1, -0.05) is 36.4 Å². The highest BCUT2D eigenvalue weighted by Gasteiger charge is 2.26. The van der Waals surface area contributed by atoms with Crippen LogP contribution in [0.25, 0.3) is 0 Å². The van der Waals surface area contributed by atoms with Gasteiger partial charge in [0.05, 0.1) is 12.1 Å². The molecule has 5 heteroatoms. The Morgan fingerprint density at radius 2 is 1.83 bits per heavy atom. The zero-order valence-electron chi connectivity index (χ0n) is 13.4. The highest BCUT2D eigenvalue weighted by atomic mass is 16.5. The lowest BCUT2D eigenvalue weighted by molar-refractivity contribution is 0.151. The second kappa shape index (κ2) is 7.84. The summed E-state index contributed by atoms with van der Waals surface area (Å²) in [6.07, 6.45) is 2.04. The summed E-state index contributed by atoms with van der Waals surface area (Å²) in [5.74, 6) is 0.783. The number of aliphatic hydroxyl groups excluding tert-OH is 1. The number of ether oxygens (including phenoxy) is 1. The summed E-state index contributed by atoms with van der Waals surface area (Å²) in [4.78, 5) is 12.2. The predicted molar refractivity (Wildman–Crippen MR) is 93.0 cm³/mol. The maximum atomic E-state index is 12.2. The number of para-hydroxylation sites is 2. The van der Waals surface area contributed by atoms with Gasteiger partial charge in [-0.3, -0.25) is 0 Å². The van der Waals surface area contributed by atoms with E-state index in [0.29, 0.717) is 12.3 Å². The third-order valence-electron chi connectivity index (χ3n) is 4.20. The van der Waals surface area contributed by atoms with Crippen molar-refractivity contribution in [2.45, 2.75) is 38.0 Å². The first-order valence-corrected chi connectivity index (χ1v) is 8.24. The molecular formula is C19H22N2O3. The van der Waals surface area contributed by atoms with Crippen LogP contribution in [-0.4, -0.2) is 23.3 Å². The number of carbonyl (C=O) groups excluding carboxylic acids is 1. The fraction of sp³-hybridized carbons (Fsp3) is 0.316. The number of benzene rings is 2. The summed E-state index contributed by atoms with van der Waals surface area (Å²) >= 11 is 0. The minimum atomic E-state index is -0.451. The fourth-order valence-electron chi connectivity index (χ4n) is 2.88. The Morgan fingerprint density at radius 1 is 1.08 bits per heavy atom. The van der Waals surface area contributed by atoms with Crippen LogP contribution < -0.4 is 15.4 Å². The number of aliphatic hydroxyl groups is 1. The molecule has 3 N–H and O–H groups in total. The van der Waals surface area contributed by atoms with Crippen molar-refractivity contribution in [2.24, 2.45) is 0 Å². The van der Waals surface area contributed by atoms with E-state index in [0.717, 1.165) is 30.6 Å². The second-order valence-corrected chi connectivity index (χ2v) is 5.96. The molecule has 2 atom stereocenters. The Kier molecular flexibility index (Phi) is 5.33. The van der Waals surface area contributed by atoms with E-state index in [1.165, 1.54) is 0 Å². The number of urea groups is 1. The highest BCUT2D eigenvalue weighted by molar-refractivity contribution is 5.90. The van der Waals surface area contributed by atoms with Gasteiger partial charge in [-0.25, -0.2) is 4.79 Å². The van der Waals surface area contributed by atoms with E-state index in [1.54, 1.807) is 0 Å². The zero-order valence-corrected chi connectivity index (χ0v) is 13.4. The molecule has 0 heterocycles. The van der Waals surface area contributed by atoms with Crippen LogP contribution in [-0.2, 0) is 6.61 Å². The molecule has 2 unspecified atom stereocenters. The average molecular weight is 326 g/mol. The Hall–Kier alpha value is -2.53. The summed E-state index contributed by atoms with van der Waals surface area (Å²) in [5, 5.41) is 15.5. The van der Waals surface area contributed by atoms with E-state index in [-0.39, 0.29) is 12.1 Å². The third-order valence-corrected chi connectivity index (χ3v) is 4.20. The minimum absolute atomic E-state index is 0.169. The van der Waals surface area contributed by atoms with E-state index >= 15 is 0 Å². The topological polar surface area (TPSA) is 70.6 Å². The van der Waals surface area contributed by atoms with Crippen LogP contribution in [0.15, 0.2) is 54.6 Å². The van der Waals surface area contributed by atoms with Gasteiger partial charge in [0.2, 0.25) is 0 Å². The normalized spacial score (nSPS) is 19.7. The smallest absolute Gasteiger partial charge is 0.319 e. The van der Waals surface area contributed by atoms with E-state index < -0.39 is 6.10 Å². The summed E-state index contributed by atoms with van der Waals surface area (Å²) in [6.45, 7) is 0.368. The van der Waals surface area contributed by atoms with Gasteiger partial charge in [-0.2, -0.15) is 0 Å². The number of rotatable bonds is 5. The Bertz CT molecular complexity index is 675. The molecule has 2 aromatic carbocycles. The maximum Gasteiger partial charge on any atom is 0.319 e. The lowest BCUT2D eigenvalue weighted by Gasteiger charge is -2.18. The minimum Gasteiger partial charge on any atom is -0.489 e. The van der Waals surface area contributed by atoms with Crippen molar-refractivity contribution >= 4 is 11.7 Å². The van der Waals surface area contributed by atoms with Crippen molar-refractivity contribution in [2.75, 3.05) is 5.32 Å². The first-order chi connectivity index (χ1) is 11.7. The van der Waals surface area contributed by atoms with Crippen LogP contribution in [0.3, 0.4) is 0 Å². The fourth-order valence-corrected chi connectivity index (χ4v) is 2.88. The standard InChI is InChI=1S/C19H22N2O3/c22-18-12-6-11-17(18)21-19(23)20-16-10-5-4-7-14(16)13-24-15-8-2-1-3-9-15/h1-5,7-10,17-18,22H,6,11-13H2,(H2,20,21,23). The molecule has 0 aliphatic heterocycles. The monoisotopic (exact) mass is 326 g/mol. The Balaban J connectivity index is 1.60. The molecule has 2 aromatic rings. The van der Waals surface area contributed by atoms with Crippen molar-refractivity contribution in [3.63, 3.8) is 0 Å². The van der Waals surface area contributed by atoms with E-state index in [1.807, 2.05) is 54.6 Å². The van der Waals surface area contributed by atoms with Crippen molar-refractivity contribution in [3.05, 3.63) is 60.2 Å². The van der Waals surface area contributed by atoms with Crippen LogP contribution in [0.5, 0.6) is 5.75 Å². The zero-order chi connectivity index (χ0) is 16.8. The van der Waals surface area contributed by atoms with Crippen LogP contribution in [0, 0.1) is 0 Å². The van der Waals surface area contributed by atoms with Crippen molar-refractivity contribution < 1.29 is 14.6 Å². The summed E-state index contributed by atoms with van der Waals surface area (Å²) in [6, 6.07) is 16.6. The first kappa shape index (κ1) is 16.3. The quantitative estimate of drug-likeness (QED) is 0.789. The third kappa shape index (κ3) is 4.26. The number of hydrogen-bond acceptors (Lipinski definition) is 3. The molecule has 0 radical (unpaired) electrons. The van der Waals surface area contributed by atoms with E-state index in [2.05, 4.69) is 10.6 Å². The lowest BCUT2D eigenvalue weighted by Crippen LogP contribution is -2.42. The molecule has 5 nitrogen and oxygen atoms in total. The molecule has 1 saturated carbocycles. The second-order valence-electron chi connectivity index (χ2n) is 5.96. The van der Waals surface area contributed by atoms with Crippen LogP contribution in [0.1, 0.15) is 24.8 Å². The van der Waals surface area contributed by atoms with Crippen molar-refractivity contribution in [1.82, 2.24) is 5.32 Å². The molecular weight excluding hydrogens is 304 g/mol. The SMILES string of the molecule is O=C(Nc1ccccc1COc1ccccc1)NC1CCCC1O. The molecule has 126 valence electrons. The van der Waals surface area contributed by atoms with Crippen LogP contribution in [0.2, 0.25) is 0 Å². The molecule has 1 aliphatic carbocycles. The molecule has 0 aromatic heterocycles. The van der Waals surface area contributed by atoms with Crippen LogP contribution >= 0.6 is 0 Å². The Labute approximate surface area is 141 Å². The highest BCUT2D eigenvalue weighted by Crippen LogP contribution is 2.20. The van der Waals surface area contributed by atoms with Gasteiger partial charge in [0.15, 0.2) is 0 Å². The van der Waals surface area contributed by atoms with Crippen LogP contribution in [0.4, 0.5) is 10.5 Å². The number of anilines is 1. The van der Waals surface area contributed by atoms with Gasteiger partial charge in [0.1, 0.15) is 12.4 Å². The molecule has 0 bridgehead atoms. The number of hydrogen-bond donors (Lipinski definition) is 3. The lowest BCUT2D eigenvalue weighted by atomic mass is 10.2. The number of carbonyl (C=O) groups is 1. The average Bonchev–Trinajstić information content (AvgIpc) is 3.00. The first-order valence-electron chi connectivity index (χ1n) is 8.24. The van der Waals surface area contributed by atoms with E-state index in [9.17, 15) is 9.90 Å².